The largest absolute Gasteiger partial charge is 0.322 e. The van der Waals surface area contributed by atoms with Crippen LogP contribution in [0.3, 0.4) is 0 Å². The molecule has 0 spiro atoms. The van der Waals surface area contributed by atoms with Crippen molar-refractivity contribution in [2.24, 2.45) is 0 Å². The molecule has 1 amide bonds. The molecular formula is C16H13ClN2O2S. The molecule has 1 heterocycles. The van der Waals surface area contributed by atoms with Gasteiger partial charge in [0, 0.05) is 22.8 Å². The van der Waals surface area contributed by atoms with Crippen molar-refractivity contribution < 1.29 is 4.79 Å². The molecule has 2 aromatic carbocycles. The Morgan fingerprint density at radius 1 is 1.23 bits per heavy atom. The van der Waals surface area contributed by atoms with Crippen molar-refractivity contribution in [1.82, 2.24) is 4.57 Å². The molecule has 0 saturated carbocycles. The van der Waals surface area contributed by atoms with Gasteiger partial charge in [-0.15, -0.1) is 0 Å². The minimum absolute atomic E-state index is 0.0127. The van der Waals surface area contributed by atoms with Gasteiger partial charge in [0.2, 0.25) is 0 Å². The summed E-state index contributed by atoms with van der Waals surface area (Å²) >= 11 is 6.99. The zero-order chi connectivity index (χ0) is 15.7. The fourth-order valence-corrected chi connectivity index (χ4v) is 3.37. The Kier molecular flexibility index (Phi) is 4.00. The Balaban J connectivity index is 1.89. The number of amides is 1. The summed E-state index contributed by atoms with van der Waals surface area (Å²) in [5.74, 6) is -0.210. The van der Waals surface area contributed by atoms with Crippen LogP contribution >= 0.6 is 22.9 Å². The number of rotatable bonds is 3. The number of carbonyl (C=O) groups is 1. The highest BCUT2D eigenvalue weighted by Crippen LogP contribution is 2.22. The molecule has 0 radical (unpaired) electrons. The van der Waals surface area contributed by atoms with Crippen LogP contribution in [0, 0.1) is 0 Å². The Hall–Kier alpha value is -2.11. The average molecular weight is 333 g/mol. The summed E-state index contributed by atoms with van der Waals surface area (Å²) in [5.41, 5.74) is 2.09. The van der Waals surface area contributed by atoms with Gasteiger partial charge in [-0.2, -0.15) is 0 Å². The SMILES string of the molecule is CCn1c(=O)sc2cc(NC(=O)c3ccc(Cl)cc3)ccc21. The van der Waals surface area contributed by atoms with E-state index in [9.17, 15) is 9.59 Å². The van der Waals surface area contributed by atoms with Gasteiger partial charge >= 0.3 is 4.87 Å². The van der Waals surface area contributed by atoms with E-state index in [2.05, 4.69) is 5.32 Å². The van der Waals surface area contributed by atoms with Crippen molar-refractivity contribution in [1.29, 1.82) is 0 Å². The first kappa shape index (κ1) is 14.8. The summed E-state index contributed by atoms with van der Waals surface area (Å²) in [6, 6.07) is 12.2. The Labute approximate surface area is 136 Å². The second-order valence-electron chi connectivity index (χ2n) is 4.76. The second-order valence-corrected chi connectivity index (χ2v) is 6.19. The lowest BCUT2D eigenvalue weighted by Gasteiger charge is -2.06. The van der Waals surface area contributed by atoms with Gasteiger partial charge in [0.1, 0.15) is 0 Å². The van der Waals surface area contributed by atoms with E-state index in [0.717, 1.165) is 10.2 Å². The molecule has 3 rings (SSSR count). The first-order valence-electron chi connectivity index (χ1n) is 6.79. The fraction of sp³-hybridized carbons (Fsp3) is 0.125. The zero-order valence-corrected chi connectivity index (χ0v) is 13.4. The van der Waals surface area contributed by atoms with Gasteiger partial charge < -0.3 is 5.32 Å². The van der Waals surface area contributed by atoms with Crippen LogP contribution in [0.4, 0.5) is 5.69 Å². The number of halogens is 1. The van der Waals surface area contributed by atoms with Gasteiger partial charge in [0.05, 0.1) is 10.2 Å². The van der Waals surface area contributed by atoms with Crippen LogP contribution in [-0.2, 0) is 6.54 Å². The molecule has 0 saturated heterocycles. The number of aromatic nitrogens is 1. The first-order valence-corrected chi connectivity index (χ1v) is 7.98. The second kappa shape index (κ2) is 5.94. The number of benzene rings is 2. The maximum atomic E-state index is 12.2. The van der Waals surface area contributed by atoms with Crippen molar-refractivity contribution in [2.45, 2.75) is 13.5 Å². The molecule has 0 aliphatic rings. The molecular weight excluding hydrogens is 320 g/mol. The predicted octanol–water partition coefficient (Wildman–Crippen LogP) is 3.99. The maximum Gasteiger partial charge on any atom is 0.308 e. The van der Waals surface area contributed by atoms with E-state index in [0.29, 0.717) is 22.8 Å². The number of nitrogens with one attached hydrogen (secondary N) is 1. The van der Waals surface area contributed by atoms with E-state index in [-0.39, 0.29) is 10.8 Å². The minimum atomic E-state index is -0.210. The van der Waals surface area contributed by atoms with E-state index in [4.69, 9.17) is 11.6 Å². The van der Waals surface area contributed by atoms with Crippen molar-refractivity contribution in [3.8, 4) is 0 Å². The maximum absolute atomic E-state index is 12.2. The lowest BCUT2D eigenvalue weighted by Crippen LogP contribution is -2.12. The van der Waals surface area contributed by atoms with Crippen LogP contribution < -0.4 is 10.2 Å². The van der Waals surface area contributed by atoms with E-state index in [1.54, 1.807) is 34.9 Å². The highest BCUT2D eigenvalue weighted by atomic mass is 35.5. The van der Waals surface area contributed by atoms with E-state index in [1.807, 2.05) is 19.1 Å². The molecule has 0 bridgehead atoms. The molecule has 3 aromatic rings. The number of thiazole rings is 1. The van der Waals surface area contributed by atoms with Crippen LogP contribution in [0.5, 0.6) is 0 Å². The van der Waals surface area contributed by atoms with Gasteiger partial charge in [-0.25, -0.2) is 0 Å². The number of hydrogen-bond acceptors (Lipinski definition) is 3. The molecule has 0 aliphatic carbocycles. The van der Waals surface area contributed by atoms with E-state index in [1.165, 1.54) is 11.3 Å². The van der Waals surface area contributed by atoms with Crippen molar-refractivity contribution >= 4 is 44.7 Å². The normalized spacial score (nSPS) is 10.8. The van der Waals surface area contributed by atoms with Gasteiger partial charge in [-0.1, -0.05) is 22.9 Å². The van der Waals surface area contributed by atoms with E-state index >= 15 is 0 Å². The lowest BCUT2D eigenvalue weighted by atomic mass is 10.2. The van der Waals surface area contributed by atoms with Gasteiger partial charge in [0.25, 0.3) is 5.91 Å². The molecule has 1 aromatic heterocycles. The topological polar surface area (TPSA) is 51.1 Å². The third-order valence-corrected chi connectivity index (χ3v) is 4.54. The summed E-state index contributed by atoms with van der Waals surface area (Å²) in [7, 11) is 0. The highest BCUT2D eigenvalue weighted by Gasteiger charge is 2.09. The molecule has 1 N–H and O–H groups in total. The molecule has 0 aliphatic heterocycles. The smallest absolute Gasteiger partial charge is 0.308 e. The van der Waals surface area contributed by atoms with Gasteiger partial charge in [-0.05, 0) is 49.4 Å². The molecule has 4 nitrogen and oxygen atoms in total. The van der Waals surface area contributed by atoms with E-state index < -0.39 is 0 Å². The lowest BCUT2D eigenvalue weighted by molar-refractivity contribution is 0.102. The molecule has 0 unspecified atom stereocenters. The Morgan fingerprint density at radius 3 is 2.64 bits per heavy atom. The highest BCUT2D eigenvalue weighted by molar-refractivity contribution is 7.16. The predicted molar refractivity (Wildman–Crippen MR) is 91.2 cm³/mol. The average Bonchev–Trinajstić information content (AvgIpc) is 2.82. The summed E-state index contributed by atoms with van der Waals surface area (Å²) in [5, 5.41) is 3.42. The Bertz CT molecular complexity index is 897. The van der Waals surface area contributed by atoms with Crippen LogP contribution in [0.2, 0.25) is 5.02 Å². The van der Waals surface area contributed by atoms with Crippen LogP contribution in [-0.4, -0.2) is 10.5 Å². The fourth-order valence-electron chi connectivity index (χ4n) is 2.25. The molecule has 0 fully saturated rings. The summed E-state index contributed by atoms with van der Waals surface area (Å²) in [4.78, 5) is 24.0. The number of nitrogens with zero attached hydrogens (tertiary/aromatic N) is 1. The summed E-state index contributed by atoms with van der Waals surface area (Å²) in [6.07, 6.45) is 0. The van der Waals surface area contributed by atoms with Crippen LogP contribution in [0.15, 0.2) is 47.3 Å². The standard InChI is InChI=1S/C16H13ClN2O2S/c1-2-19-13-8-7-12(9-14(13)22-16(19)21)18-15(20)10-3-5-11(17)6-4-10/h3-9H,2H2,1H3,(H,18,20). The van der Waals surface area contributed by atoms with Crippen LogP contribution in [0.25, 0.3) is 10.2 Å². The Morgan fingerprint density at radius 2 is 1.95 bits per heavy atom. The van der Waals surface area contributed by atoms with Crippen molar-refractivity contribution in [3.05, 3.63) is 62.7 Å². The third kappa shape index (κ3) is 2.77. The number of carbonyl (C=O) groups excluding carboxylic acids is 1. The molecule has 22 heavy (non-hydrogen) atoms. The van der Waals surface area contributed by atoms with Gasteiger partial charge in [0.15, 0.2) is 0 Å². The molecule has 112 valence electrons. The quantitative estimate of drug-likeness (QED) is 0.788. The van der Waals surface area contributed by atoms with Crippen molar-refractivity contribution in [2.75, 3.05) is 5.32 Å². The molecule has 6 heteroatoms. The number of aryl methyl sites for hydroxylation is 1. The monoisotopic (exact) mass is 332 g/mol. The zero-order valence-electron chi connectivity index (χ0n) is 11.8. The summed E-state index contributed by atoms with van der Waals surface area (Å²) < 4.78 is 2.57. The summed E-state index contributed by atoms with van der Waals surface area (Å²) in [6.45, 7) is 2.57. The minimum Gasteiger partial charge on any atom is -0.322 e. The number of fused-ring (bicyclic) bond motifs is 1. The van der Waals surface area contributed by atoms with Crippen molar-refractivity contribution in [3.63, 3.8) is 0 Å². The number of hydrogen-bond donors (Lipinski definition) is 1. The third-order valence-electron chi connectivity index (χ3n) is 3.35. The van der Waals surface area contributed by atoms with Gasteiger partial charge in [-0.3, -0.25) is 14.2 Å². The first-order chi connectivity index (χ1) is 10.6. The number of anilines is 1. The van der Waals surface area contributed by atoms with Crippen LogP contribution in [0.1, 0.15) is 17.3 Å². The molecule has 0 atom stereocenters.